The van der Waals surface area contributed by atoms with Crippen molar-refractivity contribution in [3.8, 4) is 11.5 Å². The van der Waals surface area contributed by atoms with Crippen LogP contribution in [-0.4, -0.2) is 123 Å². The predicted octanol–water partition coefficient (Wildman–Crippen LogP) is 26.6. The minimum absolute atomic E-state index is 0.0124. The van der Waals surface area contributed by atoms with Gasteiger partial charge in [0.15, 0.2) is 57.3 Å². The number of rotatable bonds is 29. The Kier molecular flexibility index (Phi) is 44.2. The number of esters is 4. The lowest BCUT2D eigenvalue weighted by Gasteiger charge is -2.55. The van der Waals surface area contributed by atoms with E-state index in [0.717, 1.165) is 72.7 Å². The summed E-state index contributed by atoms with van der Waals surface area (Å²) >= 11 is 10.8. The van der Waals surface area contributed by atoms with Crippen LogP contribution in [0.3, 0.4) is 0 Å². The number of carbonyl (C=O) groups excluding carboxylic acids is 7. The standard InChI is InChI=1S/C30H31O3S.C30H33O3S.C26H29S.C14H12F3I3N2O7S.C11H10I3NO6S/c31-29(33-30-18-22-15-23(19-30)17-24(16-22)20-30)21-32-25-11-13-28(14-12-25)34(26-7-3-1-4-8-26)27-9-5-2-6-10-27;31-30(33-29-17-9-11-23-10-7-8-16-28(23)29)22-32-24-18-20-27(21-19-24)34(25-12-3-1-4-13-25)26-14-5-2-6-15-26;1-2-6-12-22(13-7-3-1)23-18-20-26(21-19-23)27(24-14-8-4-9-15-24)25-16-10-5-11-17-25;1-4(23)21-11-8(18)7(9(19)12(10(11)20)22-5(2)24)13(25)29-6(14(15,16)17)3-30(26,27)28;1-5(16)15-10-7(13)4-6(12)8(9(10)14)11(17)21-2-3-22(18,19)20/h1-14,22-24H,15-21H2;1-6,12-15,18-21,23,28-29H,7-11,16-17,22H2;4-5,8-11,14-22H,1-3,6-7,12-13H2;6H,3H2,1-2H3,(H,21,23)(H,22,24)(H,26,27,28);4H,2-3H2,1H3,(H,15,16)(H,18,19,20)/q3*+1;;/p-2. The molecule has 0 aliphatic heterocycles. The van der Waals surface area contributed by atoms with Crippen molar-refractivity contribution in [2.75, 3.05) is 47.3 Å². The van der Waals surface area contributed by atoms with Crippen LogP contribution in [-0.2, 0) is 95.8 Å². The van der Waals surface area contributed by atoms with Crippen molar-refractivity contribution in [3.63, 3.8) is 0 Å². The van der Waals surface area contributed by atoms with Crippen molar-refractivity contribution >= 4 is 247 Å². The van der Waals surface area contributed by atoms with Gasteiger partial charge in [-0.15, -0.1) is 0 Å². The molecule has 0 radical (unpaired) electrons. The molecule has 7 saturated carbocycles. The Labute approximate surface area is 947 Å². The quantitative estimate of drug-likeness (QED) is 0.0129. The van der Waals surface area contributed by atoms with E-state index in [1.807, 2.05) is 104 Å². The Morgan fingerprint density at radius 2 is 0.776 bits per heavy atom. The molecule has 0 spiro atoms. The second-order valence-electron chi connectivity index (χ2n) is 36.7. The topological polar surface area (TPSA) is 325 Å². The zero-order chi connectivity index (χ0) is 105. The minimum atomic E-state index is -5.38. The summed E-state index contributed by atoms with van der Waals surface area (Å²) in [4.78, 5) is 95.9. The van der Waals surface area contributed by atoms with Crippen LogP contribution in [0.25, 0.3) is 0 Å². The Bertz CT molecular complexity index is 6350. The van der Waals surface area contributed by atoms with Crippen molar-refractivity contribution in [1.82, 2.24) is 0 Å². The summed E-state index contributed by atoms with van der Waals surface area (Å²) in [7, 11) is -10.2. The highest BCUT2D eigenvalue weighted by molar-refractivity contribution is 14.1. The number of nitrogens with one attached hydrogen (secondary N) is 3. The molecule has 7 fully saturated rings. The third-order valence-electron chi connectivity index (χ3n) is 25.8. The van der Waals surface area contributed by atoms with Crippen LogP contribution in [0.5, 0.6) is 11.5 Å². The molecule has 147 heavy (non-hydrogen) atoms. The molecule has 0 saturated heterocycles. The molecule has 0 heterocycles. The first-order chi connectivity index (χ1) is 70.3. The first-order valence-corrected chi connectivity index (χ1v) is 61.7. The summed E-state index contributed by atoms with van der Waals surface area (Å²) in [5, 5.41) is 7.46. The maximum atomic E-state index is 13.1. The molecule has 4 atom stereocenters. The lowest BCUT2D eigenvalue weighted by atomic mass is 9.54. The largest absolute Gasteiger partial charge is 0.748 e. The fraction of sp³-hybridized carbons (Fsp3) is 0.342. The highest BCUT2D eigenvalue weighted by Gasteiger charge is 2.54. The zero-order valence-corrected chi connectivity index (χ0v) is 97.8. The predicted molar refractivity (Wildman–Crippen MR) is 613 cm³/mol. The van der Waals surface area contributed by atoms with Gasteiger partial charge in [-0.05, 0) is 393 Å². The van der Waals surface area contributed by atoms with E-state index in [2.05, 4.69) is 239 Å². The van der Waals surface area contributed by atoms with Crippen molar-refractivity contribution in [3.05, 3.63) is 299 Å². The molecule has 3 N–H and O–H groups in total. The van der Waals surface area contributed by atoms with Gasteiger partial charge in [-0.25, -0.2) is 36.0 Å². The molecule has 7 aliphatic rings. The summed E-state index contributed by atoms with van der Waals surface area (Å²) in [6.45, 7) is 3.08. The van der Waals surface area contributed by atoms with E-state index in [1.54, 1.807) is 79.4 Å². The highest BCUT2D eigenvalue weighted by atomic mass is 127. The van der Waals surface area contributed by atoms with Gasteiger partial charge in [0.25, 0.3) is 0 Å². The summed E-state index contributed by atoms with van der Waals surface area (Å²) < 4.78 is 138. The van der Waals surface area contributed by atoms with E-state index >= 15 is 0 Å². The first kappa shape index (κ1) is 116. The van der Waals surface area contributed by atoms with Gasteiger partial charge in [-0.1, -0.05) is 173 Å². The van der Waals surface area contributed by atoms with Gasteiger partial charge in [0, 0.05) is 27.9 Å². The molecule has 36 heteroatoms. The molecule has 22 nitrogen and oxygen atoms in total. The van der Waals surface area contributed by atoms with Gasteiger partial charge >= 0.3 is 30.1 Å². The van der Waals surface area contributed by atoms with E-state index in [9.17, 15) is 72.7 Å². The van der Waals surface area contributed by atoms with Crippen LogP contribution in [0, 0.1) is 51.0 Å². The molecule has 11 aromatic carbocycles. The van der Waals surface area contributed by atoms with Crippen LogP contribution < -0.4 is 25.4 Å². The first-order valence-electron chi connectivity index (χ1n) is 48.4. The fourth-order valence-electron chi connectivity index (χ4n) is 19.9. The molecule has 3 amide bonds. The summed E-state index contributed by atoms with van der Waals surface area (Å²) in [5.74, 6) is -1.26. The third kappa shape index (κ3) is 34.4. The van der Waals surface area contributed by atoms with Gasteiger partial charge in [0.05, 0.1) is 107 Å². The molecular formula is C111H113F3I6N3O19S5+. The average Bonchev–Trinajstić information content (AvgIpc) is 0.744. The smallest absolute Gasteiger partial charge is 0.426 e. The van der Waals surface area contributed by atoms with Crippen LogP contribution in [0.4, 0.5) is 30.2 Å². The van der Waals surface area contributed by atoms with Crippen molar-refractivity contribution in [2.24, 2.45) is 29.6 Å². The van der Waals surface area contributed by atoms with Crippen LogP contribution in [0.2, 0.25) is 0 Å². The van der Waals surface area contributed by atoms with E-state index in [4.69, 9.17) is 23.7 Å². The highest BCUT2D eigenvalue weighted by Crippen LogP contribution is 2.58. The summed E-state index contributed by atoms with van der Waals surface area (Å²) in [5.41, 5.74) is 1.64. The Morgan fingerprint density at radius 3 is 1.17 bits per heavy atom. The number of hydrogen-bond donors (Lipinski definition) is 3. The number of anilines is 3. The van der Waals surface area contributed by atoms with Crippen LogP contribution >= 0.6 is 136 Å². The molecule has 7 aliphatic carbocycles. The number of benzene rings is 11. The normalized spacial score (nSPS) is 18.6. The SMILES string of the molecule is CC(=O)Nc1c(I)c(NC(C)=O)c(I)c(C(=O)OC(CS(=O)(=O)[O-])C(F)(F)F)c1I.CC(=O)Nc1c(I)cc(I)c(C(=O)OCCS(=O)(=O)[O-])c1I.O=C(COc1ccc([S+](c2ccccc2)c2ccccc2)cc1)OC12CC3CC(CC(C3)C1)C2.O=C(COc1ccc([S+](c2ccccc2)c2ccccc2)cc1)OC1CCCC2CCCCC21.c1ccc([S+](c2ccccc2)c2ccc(C3CCCCCCC3)cc2)cc1. The molecule has 4 unspecified atom stereocenters. The van der Waals surface area contributed by atoms with E-state index in [1.165, 1.54) is 154 Å². The van der Waals surface area contributed by atoms with E-state index in [-0.39, 0.29) is 103 Å². The lowest BCUT2D eigenvalue weighted by Crippen LogP contribution is -2.53. The van der Waals surface area contributed by atoms with Gasteiger partial charge in [-0.3, -0.25) is 14.4 Å². The number of hydrogen-bond acceptors (Lipinski definition) is 19. The minimum Gasteiger partial charge on any atom is -0.748 e. The summed E-state index contributed by atoms with van der Waals surface area (Å²) in [6, 6.07) is 91.8. The number of amides is 3. The second kappa shape index (κ2) is 55.8. The molecular weight excluding hydrogens is 2660 g/mol. The number of alkyl halides is 3. The molecule has 4 bridgehead atoms. The van der Waals surface area contributed by atoms with E-state index < -0.39 is 79.9 Å². The number of fused-ring (bicyclic) bond motifs is 1. The van der Waals surface area contributed by atoms with Crippen LogP contribution in [0.15, 0.2) is 305 Å². The molecule has 18 rings (SSSR count). The van der Waals surface area contributed by atoms with E-state index in [0.29, 0.717) is 30.2 Å². The number of halogens is 9. The van der Waals surface area contributed by atoms with Crippen LogP contribution in [0.1, 0.15) is 181 Å². The fourth-order valence-corrected chi connectivity index (χ4v) is 35.3. The average molecular weight is 2770 g/mol. The number of ether oxygens (including phenoxy) is 6. The van der Waals surface area contributed by atoms with Crippen molar-refractivity contribution in [1.29, 1.82) is 0 Å². The molecule has 778 valence electrons. The van der Waals surface area contributed by atoms with Crippen molar-refractivity contribution in [2.45, 2.75) is 223 Å². The Balaban J connectivity index is 0.000000155. The van der Waals surface area contributed by atoms with Crippen molar-refractivity contribution < 1.29 is 101 Å². The van der Waals surface area contributed by atoms with Gasteiger partial charge in [0.1, 0.15) is 29.8 Å². The van der Waals surface area contributed by atoms with Gasteiger partial charge in [-0.2, -0.15) is 13.2 Å². The second-order valence-corrected chi connectivity index (χ2v) is 52.4. The molecule has 0 aromatic heterocycles. The third-order valence-corrected chi connectivity index (χ3v) is 39.9. The van der Waals surface area contributed by atoms with Gasteiger partial charge < -0.3 is 53.5 Å². The summed E-state index contributed by atoms with van der Waals surface area (Å²) in [6.07, 6.45) is 17.1. The monoisotopic (exact) mass is 2770 g/mol. The van der Waals surface area contributed by atoms with Gasteiger partial charge in [0.2, 0.25) is 23.8 Å². The maximum absolute atomic E-state index is 13.1. The zero-order valence-electron chi connectivity index (χ0n) is 80.8. The number of carbonyl (C=O) groups is 7. The molecule has 11 aromatic rings. The Morgan fingerprint density at radius 1 is 0.415 bits per heavy atom. The lowest BCUT2D eigenvalue weighted by molar-refractivity contribution is -0.197. The Hall–Kier alpha value is -7.65. The maximum Gasteiger partial charge on any atom is 0.426 e.